The van der Waals surface area contributed by atoms with Crippen LogP contribution in [0, 0.1) is 0 Å². The molecular weight excluding hydrogens is 320 g/mol. The smallest absolute Gasteiger partial charge is 0.162 e. The van der Waals surface area contributed by atoms with E-state index in [0.29, 0.717) is 6.04 Å². The van der Waals surface area contributed by atoms with Crippen LogP contribution in [-0.4, -0.2) is 49.1 Å². The van der Waals surface area contributed by atoms with E-state index in [4.69, 9.17) is 0 Å². The van der Waals surface area contributed by atoms with E-state index in [1.165, 1.54) is 0 Å². The van der Waals surface area contributed by atoms with Crippen LogP contribution in [0.1, 0.15) is 25.8 Å². The Morgan fingerprint density at radius 2 is 2.18 bits per heavy atom. The Kier molecular flexibility index (Phi) is 6.72. The van der Waals surface area contributed by atoms with Crippen molar-refractivity contribution in [1.29, 1.82) is 0 Å². The number of hydrogen-bond acceptors (Lipinski definition) is 5. The van der Waals surface area contributed by atoms with Crippen LogP contribution >= 0.6 is 24.2 Å². The quantitative estimate of drug-likeness (QED) is 0.816. The van der Waals surface area contributed by atoms with Crippen LogP contribution in [0.15, 0.2) is 18.6 Å². The lowest BCUT2D eigenvalue weighted by Crippen LogP contribution is -2.29. The van der Waals surface area contributed by atoms with E-state index < -0.39 is 0 Å². The van der Waals surface area contributed by atoms with E-state index in [9.17, 15) is 0 Å². The topological polar surface area (TPSA) is 60.6 Å². The fourth-order valence-corrected chi connectivity index (χ4v) is 3.27. The van der Waals surface area contributed by atoms with Gasteiger partial charge in [-0.15, -0.1) is 17.5 Å². The summed E-state index contributed by atoms with van der Waals surface area (Å²) in [6, 6.07) is 0.464. The first kappa shape index (κ1) is 17.3. The van der Waals surface area contributed by atoms with E-state index in [2.05, 4.69) is 32.1 Å². The first-order valence-corrected chi connectivity index (χ1v) is 8.75. The van der Waals surface area contributed by atoms with Crippen molar-refractivity contribution in [2.24, 2.45) is 0 Å². The Hall–Kier alpha value is -1.05. The van der Waals surface area contributed by atoms with Gasteiger partial charge in [-0.1, -0.05) is 12.1 Å². The minimum Gasteiger partial charge on any atom is -0.329 e. The molecule has 6 nitrogen and oxygen atoms in total. The van der Waals surface area contributed by atoms with E-state index in [1.54, 1.807) is 0 Å². The van der Waals surface area contributed by atoms with Crippen LogP contribution < -0.4 is 5.32 Å². The molecule has 0 spiro atoms. The summed E-state index contributed by atoms with van der Waals surface area (Å²) in [5.74, 6) is 3.17. The van der Waals surface area contributed by atoms with Crippen LogP contribution in [0.5, 0.6) is 0 Å². The van der Waals surface area contributed by atoms with Crippen LogP contribution in [0.3, 0.4) is 0 Å². The zero-order valence-corrected chi connectivity index (χ0v) is 14.4. The van der Waals surface area contributed by atoms with Crippen molar-refractivity contribution in [2.45, 2.75) is 32.4 Å². The molecular formula is C14H23ClN6S. The predicted molar refractivity (Wildman–Crippen MR) is 92.6 cm³/mol. The largest absolute Gasteiger partial charge is 0.329 e. The number of halogens is 1. The Morgan fingerprint density at radius 1 is 1.36 bits per heavy atom. The van der Waals surface area contributed by atoms with Gasteiger partial charge in [0.05, 0.1) is 12.2 Å². The number of thioether (sulfide) groups is 1. The van der Waals surface area contributed by atoms with Crippen molar-refractivity contribution in [1.82, 2.24) is 29.9 Å². The highest BCUT2D eigenvalue weighted by atomic mass is 35.5. The maximum atomic E-state index is 4.45. The standard InChI is InChI=1S/C14H22N6S.ClH/c1-2-21-10-9-19-8-7-16-14(19)13-11-20(18-17-13)12-3-5-15-6-4-12;/h7-8,11-12,15H,2-6,9-10H2,1H3;1H. The van der Waals surface area contributed by atoms with E-state index >= 15 is 0 Å². The van der Waals surface area contributed by atoms with Gasteiger partial charge in [0.25, 0.3) is 0 Å². The number of nitrogens with zero attached hydrogens (tertiary/aromatic N) is 5. The SMILES string of the molecule is CCSCCn1ccnc1-c1cn(C2CCNCC2)nn1.Cl. The number of imidazole rings is 1. The number of piperidine rings is 1. The summed E-state index contributed by atoms with van der Waals surface area (Å²) in [5.41, 5.74) is 0.875. The number of aryl methyl sites for hydroxylation is 1. The van der Waals surface area contributed by atoms with Gasteiger partial charge in [-0.3, -0.25) is 0 Å². The fourth-order valence-electron chi connectivity index (χ4n) is 2.66. The highest BCUT2D eigenvalue weighted by Gasteiger charge is 2.18. The third-order valence-electron chi connectivity index (χ3n) is 3.82. The molecule has 2 aromatic heterocycles. The van der Waals surface area contributed by atoms with Crippen molar-refractivity contribution in [3.63, 3.8) is 0 Å². The molecule has 3 rings (SSSR count). The summed E-state index contributed by atoms with van der Waals surface area (Å²) in [5, 5.41) is 12.0. The molecule has 1 N–H and O–H groups in total. The maximum Gasteiger partial charge on any atom is 0.162 e. The molecule has 1 fully saturated rings. The summed E-state index contributed by atoms with van der Waals surface area (Å²) in [4.78, 5) is 4.45. The Balaban J connectivity index is 0.00000176. The number of rotatable bonds is 6. The highest BCUT2D eigenvalue weighted by molar-refractivity contribution is 7.99. The minimum absolute atomic E-state index is 0. The van der Waals surface area contributed by atoms with Crippen LogP contribution in [0.4, 0.5) is 0 Å². The molecule has 8 heteroatoms. The fraction of sp³-hybridized carbons (Fsp3) is 0.643. The molecule has 1 aliphatic rings. The van der Waals surface area contributed by atoms with Gasteiger partial charge in [-0.05, 0) is 31.7 Å². The first-order chi connectivity index (χ1) is 10.4. The molecule has 0 amide bonds. The Bertz CT molecular complexity index is 563. The lowest BCUT2D eigenvalue weighted by Gasteiger charge is -2.22. The van der Waals surface area contributed by atoms with Gasteiger partial charge in [0.2, 0.25) is 0 Å². The maximum absolute atomic E-state index is 4.45. The van der Waals surface area contributed by atoms with Gasteiger partial charge in [0.15, 0.2) is 5.82 Å². The zero-order chi connectivity index (χ0) is 14.5. The molecule has 0 bridgehead atoms. The Labute approximate surface area is 141 Å². The molecule has 1 aliphatic heterocycles. The summed E-state index contributed by atoms with van der Waals surface area (Å²) >= 11 is 1.94. The average molecular weight is 343 g/mol. The highest BCUT2D eigenvalue weighted by Crippen LogP contribution is 2.21. The number of aromatic nitrogens is 5. The predicted octanol–water partition coefficient (Wildman–Crippen LogP) is 2.24. The molecule has 0 saturated carbocycles. The monoisotopic (exact) mass is 342 g/mol. The van der Waals surface area contributed by atoms with Crippen molar-refractivity contribution in [3.8, 4) is 11.5 Å². The minimum atomic E-state index is 0. The first-order valence-electron chi connectivity index (χ1n) is 7.60. The van der Waals surface area contributed by atoms with Crippen molar-refractivity contribution in [2.75, 3.05) is 24.6 Å². The summed E-state index contributed by atoms with van der Waals surface area (Å²) in [7, 11) is 0. The van der Waals surface area contributed by atoms with Gasteiger partial charge < -0.3 is 9.88 Å². The van der Waals surface area contributed by atoms with Gasteiger partial charge in [-0.25, -0.2) is 9.67 Å². The molecule has 0 atom stereocenters. The number of nitrogens with one attached hydrogen (secondary N) is 1. The van der Waals surface area contributed by atoms with E-state index in [-0.39, 0.29) is 12.4 Å². The second kappa shape index (κ2) is 8.55. The van der Waals surface area contributed by atoms with Crippen molar-refractivity contribution in [3.05, 3.63) is 18.6 Å². The lowest BCUT2D eigenvalue weighted by molar-refractivity contribution is 0.337. The third kappa shape index (κ3) is 4.02. The molecule has 0 aromatic carbocycles. The van der Waals surface area contributed by atoms with Crippen LogP contribution in [0.25, 0.3) is 11.5 Å². The molecule has 2 aromatic rings. The molecule has 1 saturated heterocycles. The second-order valence-electron chi connectivity index (χ2n) is 5.21. The molecule has 0 aliphatic carbocycles. The third-order valence-corrected chi connectivity index (χ3v) is 4.70. The van der Waals surface area contributed by atoms with Crippen LogP contribution in [0.2, 0.25) is 0 Å². The summed E-state index contributed by atoms with van der Waals surface area (Å²) in [6.07, 6.45) is 8.14. The van der Waals surface area contributed by atoms with Gasteiger partial charge in [0, 0.05) is 24.7 Å². The molecule has 3 heterocycles. The summed E-state index contributed by atoms with van der Waals surface area (Å²) < 4.78 is 4.18. The molecule has 0 unspecified atom stereocenters. The van der Waals surface area contributed by atoms with Gasteiger partial charge >= 0.3 is 0 Å². The lowest BCUT2D eigenvalue weighted by atomic mass is 10.1. The summed E-state index contributed by atoms with van der Waals surface area (Å²) in [6.45, 7) is 5.27. The normalized spacial score (nSPS) is 15.7. The Morgan fingerprint density at radius 3 is 2.95 bits per heavy atom. The second-order valence-corrected chi connectivity index (χ2v) is 6.60. The zero-order valence-electron chi connectivity index (χ0n) is 12.8. The molecule has 0 radical (unpaired) electrons. The average Bonchev–Trinajstić information content (AvgIpc) is 3.17. The molecule has 122 valence electrons. The van der Waals surface area contributed by atoms with Gasteiger partial charge in [-0.2, -0.15) is 11.8 Å². The van der Waals surface area contributed by atoms with E-state index in [0.717, 1.165) is 55.5 Å². The van der Waals surface area contributed by atoms with Crippen molar-refractivity contribution >= 4 is 24.2 Å². The van der Waals surface area contributed by atoms with Crippen molar-refractivity contribution < 1.29 is 0 Å². The van der Waals surface area contributed by atoms with E-state index in [1.807, 2.05) is 35.0 Å². The number of hydrogen-bond donors (Lipinski definition) is 1. The van der Waals surface area contributed by atoms with Crippen LogP contribution in [-0.2, 0) is 6.54 Å². The molecule has 22 heavy (non-hydrogen) atoms. The van der Waals surface area contributed by atoms with Gasteiger partial charge in [0.1, 0.15) is 5.69 Å².